The Balaban J connectivity index is 2.60. The molecular formula is C18H27N3O9S. The van der Waals surface area contributed by atoms with E-state index in [1.807, 2.05) is 0 Å². The van der Waals surface area contributed by atoms with Gasteiger partial charge in [0, 0.05) is 19.2 Å². The van der Waals surface area contributed by atoms with Gasteiger partial charge in [-0.05, 0) is 32.1 Å². The van der Waals surface area contributed by atoms with Crippen LogP contribution < -0.4 is 11.1 Å². The Morgan fingerprint density at radius 1 is 1.16 bits per heavy atom. The van der Waals surface area contributed by atoms with Crippen LogP contribution in [0.5, 0.6) is 0 Å². The summed E-state index contributed by atoms with van der Waals surface area (Å²) in [5, 5.41) is 20.0. The zero-order chi connectivity index (χ0) is 23.6. The molecule has 0 aromatic rings. The maximum absolute atomic E-state index is 12.3. The monoisotopic (exact) mass is 461 g/mol. The number of likely N-dealkylation sites (N-methyl/N-ethyl adjacent to an activating group) is 1. The Hall–Kier alpha value is -2.67. The molecule has 0 saturated heterocycles. The van der Waals surface area contributed by atoms with Gasteiger partial charge in [0.15, 0.2) is 0 Å². The van der Waals surface area contributed by atoms with E-state index in [0.29, 0.717) is 17.7 Å². The van der Waals surface area contributed by atoms with Crippen LogP contribution in [0.2, 0.25) is 0 Å². The van der Waals surface area contributed by atoms with E-state index in [0.717, 1.165) is 31.7 Å². The van der Waals surface area contributed by atoms with Gasteiger partial charge >= 0.3 is 18.0 Å². The Labute approximate surface area is 182 Å². The summed E-state index contributed by atoms with van der Waals surface area (Å²) < 4.78 is 5.10. The number of Topliss-reactive ketones (excluding diaryl/α,β-unsaturated/α-hetero) is 1. The zero-order valence-corrected chi connectivity index (χ0v) is 17.9. The molecule has 5 N–H and O–H groups in total. The lowest BCUT2D eigenvalue weighted by Gasteiger charge is -2.21. The van der Waals surface area contributed by atoms with Crippen molar-refractivity contribution in [3.63, 3.8) is 0 Å². The van der Waals surface area contributed by atoms with E-state index >= 15 is 0 Å². The average Bonchev–Trinajstić information content (AvgIpc) is 3.22. The van der Waals surface area contributed by atoms with Gasteiger partial charge in [-0.15, -0.1) is 0 Å². The lowest BCUT2D eigenvalue weighted by Crippen LogP contribution is -2.50. The van der Waals surface area contributed by atoms with Crippen LogP contribution in [0.15, 0.2) is 0 Å². The molecule has 0 heterocycles. The molecule has 2 atom stereocenters. The molecule has 1 aliphatic carbocycles. The largest absolute Gasteiger partial charge is 0.480 e. The van der Waals surface area contributed by atoms with Gasteiger partial charge in [0.2, 0.25) is 11.7 Å². The maximum Gasteiger partial charge on any atom is 0.413 e. The topological polar surface area (TPSA) is 193 Å². The van der Waals surface area contributed by atoms with E-state index < -0.39 is 47.7 Å². The summed E-state index contributed by atoms with van der Waals surface area (Å²) in [6, 6.07) is -2.57. The highest BCUT2D eigenvalue weighted by Gasteiger charge is 2.29. The number of hydrogen-bond donors (Lipinski definition) is 4. The minimum absolute atomic E-state index is 0.185. The number of carbonyl (C=O) groups is 6. The van der Waals surface area contributed by atoms with Gasteiger partial charge in [0.25, 0.3) is 5.91 Å². The molecule has 2 unspecified atom stereocenters. The number of nitrogens with one attached hydrogen (secondary N) is 1. The molecule has 0 aromatic heterocycles. The highest BCUT2D eigenvalue weighted by atomic mass is 32.2. The number of rotatable bonds is 12. The van der Waals surface area contributed by atoms with Crippen molar-refractivity contribution in [3.8, 4) is 0 Å². The molecule has 13 heteroatoms. The van der Waals surface area contributed by atoms with Gasteiger partial charge in [-0.2, -0.15) is 11.8 Å². The van der Waals surface area contributed by atoms with Crippen molar-refractivity contribution < 1.29 is 43.7 Å². The van der Waals surface area contributed by atoms with Gasteiger partial charge in [-0.25, -0.2) is 14.5 Å². The van der Waals surface area contributed by atoms with Crippen LogP contribution in [-0.4, -0.2) is 87.5 Å². The summed E-state index contributed by atoms with van der Waals surface area (Å²) in [6.07, 6.45) is 0.983. The van der Waals surface area contributed by atoms with Crippen molar-refractivity contribution in [1.82, 2.24) is 10.2 Å². The fraction of sp³-hybridized carbons (Fsp3) is 0.667. The lowest BCUT2D eigenvalue weighted by molar-refractivity contribution is -0.156. The summed E-state index contributed by atoms with van der Waals surface area (Å²) in [6.45, 7) is 0. The second-order valence-corrected chi connectivity index (χ2v) is 8.06. The van der Waals surface area contributed by atoms with Crippen molar-refractivity contribution >= 4 is 47.4 Å². The fourth-order valence-electron chi connectivity index (χ4n) is 2.73. The van der Waals surface area contributed by atoms with Gasteiger partial charge in [-0.1, -0.05) is 0 Å². The zero-order valence-electron chi connectivity index (χ0n) is 17.1. The Morgan fingerprint density at radius 3 is 2.32 bits per heavy atom. The quantitative estimate of drug-likeness (QED) is 0.218. The third kappa shape index (κ3) is 9.34. The summed E-state index contributed by atoms with van der Waals surface area (Å²) in [4.78, 5) is 70.3. The highest BCUT2D eigenvalue weighted by Crippen LogP contribution is 2.21. The summed E-state index contributed by atoms with van der Waals surface area (Å²) in [5.41, 5.74) is 5.33. The van der Waals surface area contributed by atoms with Crippen molar-refractivity contribution in [3.05, 3.63) is 0 Å². The molecule has 0 radical (unpaired) electrons. The van der Waals surface area contributed by atoms with Crippen molar-refractivity contribution in [2.45, 2.75) is 56.7 Å². The predicted octanol–water partition coefficient (Wildman–Crippen LogP) is -0.412. The number of imide groups is 1. The first-order chi connectivity index (χ1) is 14.5. The summed E-state index contributed by atoms with van der Waals surface area (Å²) in [7, 11) is 0.999. The summed E-state index contributed by atoms with van der Waals surface area (Å²) in [5.74, 6) is -5.20. The Bertz CT molecular complexity index is 709. The molecule has 174 valence electrons. The smallest absolute Gasteiger partial charge is 0.413 e. The van der Waals surface area contributed by atoms with Crippen LogP contribution in [0.25, 0.3) is 0 Å². The molecule has 31 heavy (non-hydrogen) atoms. The molecule has 12 nitrogen and oxygen atoms in total. The number of carboxylic acid groups (broad SMARTS) is 2. The number of nitrogens with zero attached hydrogens (tertiary/aromatic N) is 1. The number of ether oxygens (including phenoxy) is 1. The molecule has 1 saturated carbocycles. The number of nitrogens with two attached hydrogens (primary N) is 1. The third-order valence-corrected chi connectivity index (χ3v) is 5.61. The minimum atomic E-state index is -1.54. The van der Waals surface area contributed by atoms with Crippen LogP contribution in [-0.2, 0) is 28.7 Å². The maximum atomic E-state index is 12.3. The molecule has 0 spiro atoms. The number of thioether (sulfide) groups is 1. The highest BCUT2D eigenvalue weighted by molar-refractivity contribution is 8.00. The standard InChI is InChI=1S/C18H27N3O9S/c1-21(18(28)29)15(24)12(20-14(23)7-6-11(19)16(25)26)8-31-9-13(22)17(27)30-10-4-2-3-5-10/h10-12H,2-9,19H2,1H3,(H,20,23)(H,25,26)(H,28,29). The van der Waals surface area contributed by atoms with Crippen molar-refractivity contribution in [2.24, 2.45) is 5.73 Å². The van der Waals surface area contributed by atoms with E-state index in [1.54, 1.807) is 0 Å². The van der Waals surface area contributed by atoms with Crippen LogP contribution in [0, 0.1) is 0 Å². The second kappa shape index (κ2) is 12.9. The van der Waals surface area contributed by atoms with Gasteiger partial charge in [-0.3, -0.25) is 19.2 Å². The van der Waals surface area contributed by atoms with E-state index in [2.05, 4.69) is 5.32 Å². The number of hydrogen-bond acceptors (Lipinski definition) is 9. The van der Waals surface area contributed by atoms with E-state index in [9.17, 15) is 28.8 Å². The first kappa shape index (κ1) is 26.4. The molecule has 0 bridgehead atoms. The molecule has 0 aliphatic heterocycles. The number of amides is 3. The normalized spacial score (nSPS) is 15.5. The van der Waals surface area contributed by atoms with Crippen LogP contribution in [0.1, 0.15) is 38.5 Å². The number of carbonyl (C=O) groups excluding carboxylic acids is 4. The summed E-state index contributed by atoms with van der Waals surface area (Å²) >= 11 is 0.860. The molecule has 3 amide bonds. The Morgan fingerprint density at radius 2 is 1.77 bits per heavy atom. The van der Waals surface area contributed by atoms with Crippen molar-refractivity contribution in [2.75, 3.05) is 18.6 Å². The fourth-order valence-corrected chi connectivity index (χ4v) is 3.61. The lowest BCUT2D eigenvalue weighted by atomic mass is 10.1. The van der Waals surface area contributed by atoms with Gasteiger partial charge in [0.05, 0.1) is 5.75 Å². The number of ketones is 1. The first-order valence-electron chi connectivity index (χ1n) is 9.62. The number of aliphatic carboxylic acids is 1. The van der Waals surface area contributed by atoms with Gasteiger partial charge in [0.1, 0.15) is 18.2 Å². The molecular weight excluding hydrogens is 434 g/mol. The SMILES string of the molecule is CN(C(=O)O)C(=O)C(CSCC(=O)C(=O)OC1CCCC1)NC(=O)CCC(N)C(=O)O. The molecule has 0 aromatic carbocycles. The van der Waals surface area contributed by atoms with Gasteiger partial charge < -0.3 is 26.0 Å². The first-order valence-corrected chi connectivity index (χ1v) is 10.8. The number of esters is 1. The van der Waals surface area contributed by atoms with Crippen LogP contribution in [0.3, 0.4) is 0 Å². The Kier molecular flexibility index (Phi) is 11.0. The third-order valence-electron chi connectivity index (χ3n) is 4.57. The van der Waals surface area contributed by atoms with E-state index in [-0.39, 0.29) is 30.5 Å². The molecule has 1 rings (SSSR count). The minimum Gasteiger partial charge on any atom is -0.480 e. The van der Waals surface area contributed by atoms with E-state index in [4.69, 9.17) is 20.7 Å². The average molecular weight is 461 g/mol. The molecule has 1 fully saturated rings. The second-order valence-electron chi connectivity index (χ2n) is 7.03. The number of carboxylic acids is 1. The van der Waals surface area contributed by atoms with Crippen LogP contribution in [0.4, 0.5) is 4.79 Å². The van der Waals surface area contributed by atoms with Crippen LogP contribution >= 0.6 is 11.8 Å². The molecule has 1 aliphatic rings. The predicted molar refractivity (Wildman–Crippen MR) is 108 cm³/mol. The van der Waals surface area contributed by atoms with Crippen molar-refractivity contribution in [1.29, 1.82) is 0 Å². The van der Waals surface area contributed by atoms with E-state index in [1.165, 1.54) is 0 Å².